The molecule has 4 atom stereocenters. The number of fused-ring (bicyclic) bond motifs is 1. The first kappa shape index (κ1) is 12.0. The van der Waals surface area contributed by atoms with Crippen molar-refractivity contribution >= 4 is 11.9 Å². The SMILES string of the molecule is CC1(C)C2C(=O)O[C@@H](O[C@H]3C(=O)OCC3(C)C)C21. The predicted molar refractivity (Wildman–Crippen MR) is 60.3 cm³/mol. The van der Waals surface area contributed by atoms with E-state index in [-0.39, 0.29) is 34.6 Å². The van der Waals surface area contributed by atoms with Gasteiger partial charge < -0.3 is 14.2 Å². The summed E-state index contributed by atoms with van der Waals surface area (Å²) in [6, 6.07) is 0. The minimum absolute atomic E-state index is 0.0641. The molecule has 0 aromatic carbocycles. The highest BCUT2D eigenvalue weighted by molar-refractivity contribution is 5.81. The highest BCUT2D eigenvalue weighted by Gasteiger charge is 2.72. The second-order valence-corrected chi connectivity index (χ2v) is 6.74. The fourth-order valence-corrected chi connectivity index (χ4v) is 3.11. The molecule has 0 amide bonds. The Morgan fingerprint density at radius 3 is 2.28 bits per heavy atom. The lowest BCUT2D eigenvalue weighted by molar-refractivity contribution is -0.198. The Bertz CT molecular complexity index is 425. The molecule has 2 aliphatic heterocycles. The van der Waals surface area contributed by atoms with Gasteiger partial charge in [0.1, 0.15) is 0 Å². The van der Waals surface area contributed by atoms with Crippen LogP contribution in [0.4, 0.5) is 0 Å². The van der Waals surface area contributed by atoms with Crippen LogP contribution in [0.1, 0.15) is 27.7 Å². The quantitative estimate of drug-likeness (QED) is 0.691. The first-order valence-corrected chi connectivity index (χ1v) is 6.28. The Morgan fingerprint density at radius 2 is 1.83 bits per heavy atom. The van der Waals surface area contributed by atoms with Crippen molar-refractivity contribution in [2.75, 3.05) is 6.61 Å². The number of cyclic esters (lactones) is 2. The molecule has 3 fully saturated rings. The minimum atomic E-state index is -0.648. The van der Waals surface area contributed by atoms with Gasteiger partial charge in [-0.05, 0) is 5.41 Å². The van der Waals surface area contributed by atoms with E-state index in [2.05, 4.69) is 0 Å². The molecule has 0 aromatic heterocycles. The molecule has 0 bridgehead atoms. The summed E-state index contributed by atoms with van der Waals surface area (Å²) in [4.78, 5) is 23.3. The standard InChI is InChI=1S/C13H18O5/c1-12(2)5-16-10(15)8(12)17-11-7-6(9(14)18-11)13(7,3)4/h6-8,11H,5H2,1-4H3/t6?,7?,8-,11+/m0/s1. The predicted octanol–water partition coefficient (Wildman–Crippen LogP) is 1.11. The van der Waals surface area contributed by atoms with Crippen LogP contribution < -0.4 is 0 Å². The molecule has 0 radical (unpaired) electrons. The van der Waals surface area contributed by atoms with E-state index in [0.29, 0.717) is 6.61 Å². The van der Waals surface area contributed by atoms with Gasteiger partial charge in [-0.15, -0.1) is 0 Å². The Balaban J connectivity index is 1.75. The topological polar surface area (TPSA) is 61.8 Å². The maximum Gasteiger partial charge on any atom is 0.336 e. The molecule has 5 nitrogen and oxygen atoms in total. The van der Waals surface area contributed by atoms with Gasteiger partial charge in [-0.1, -0.05) is 27.7 Å². The van der Waals surface area contributed by atoms with Gasteiger partial charge in [0, 0.05) is 11.3 Å². The van der Waals surface area contributed by atoms with Crippen molar-refractivity contribution in [1.82, 2.24) is 0 Å². The number of hydrogen-bond acceptors (Lipinski definition) is 5. The lowest BCUT2D eigenvalue weighted by Gasteiger charge is -2.26. The van der Waals surface area contributed by atoms with Crippen molar-refractivity contribution in [3.8, 4) is 0 Å². The number of ether oxygens (including phenoxy) is 3. The van der Waals surface area contributed by atoms with Crippen molar-refractivity contribution in [3.63, 3.8) is 0 Å². The average molecular weight is 254 g/mol. The van der Waals surface area contributed by atoms with Crippen LogP contribution in [0.15, 0.2) is 0 Å². The molecule has 1 saturated carbocycles. The molecule has 2 saturated heterocycles. The van der Waals surface area contributed by atoms with Crippen LogP contribution in [0.2, 0.25) is 0 Å². The van der Waals surface area contributed by atoms with E-state index in [4.69, 9.17) is 14.2 Å². The van der Waals surface area contributed by atoms with Gasteiger partial charge in [0.25, 0.3) is 0 Å². The number of carbonyl (C=O) groups is 2. The zero-order chi connectivity index (χ0) is 13.3. The van der Waals surface area contributed by atoms with Gasteiger partial charge in [-0.3, -0.25) is 4.79 Å². The zero-order valence-corrected chi connectivity index (χ0v) is 11.1. The maximum atomic E-state index is 11.7. The number of carbonyl (C=O) groups excluding carboxylic acids is 2. The van der Waals surface area contributed by atoms with E-state index in [9.17, 15) is 9.59 Å². The first-order valence-electron chi connectivity index (χ1n) is 6.28. The van der Waals surface area contributed by atoms with Crippen LogP contribution in [0.5, 0.6) is 0 Å². The van der Waals surface area contributed by atoms with Crippen LogP contribution >= 0.6 is 0 Å². The third-order valence-electron chi connectivity index (χ3n) is 4.47. The molecule has 2 heterocycles. The molecular formula is C13H18O5. The summed E-state index contributed by atoms with van der Waals surface area (Å²) in [5, 5.41) is 0. The average Bonchev–Trinajstić information content (AvgIpc) is 2.52. The minimum Gasteiger partial charge on any atom is -0.463 e. The van der Waals surface area contributed by atoms with Gasteiger partial charge in [-0.25, -0.2) is 4.79 Å². The smallest absolute Gasteiger partial charge is 0.336 e. The largest absolute Gasteiger partial charge is 0.463 e. The van der Waals surface area contributed by atoms with E-state index >= 15 is 0 Å². The number of rotatable bonds is 2. The van der Waals surface area contributed by atoms with Gasteiger partial charge in [-0.2, -0.15) is 0 Å². The summed E-state index contributed by atoms with van der Waals surface area (Å²) in [7, 11) is 0. The maximum absolute atomic E-state index is 11.7. The number of hydrogen-bond donors (Lipinski definition) is 0. The molecule has 100 valence electrons. The molecule has 18 heavy (non-hydrogen) atoms. The summed E-state index contributed by atoms with van der Waals surface area (Å²) in [6.45, 7) is 8.22. The summed E-state index contributed by atoms with van der Waals surface area (Å²) in [6.07, 6.45) is -1.25. The van der Waals surface area contributed by atoms with E-state index in [1.54, 1.807) is 0 Å². The summed E-state index contributed by atoms with van der Waals surface area (Å²) in [5.41, 5.74) is -0.451. The molecule has 3 rings (SSSR count). The molecule has 2 unspecified atom stereocenters. The van der Waals surface area contributed by atoms with Crippen molar-refractivity contribution < 1.29 is 23.8 Å². The first-order chi connectivity index (χ1) is 8.25. The van der Waals surface area contributed by atoms with E-state index in [0.717, 1.165) is 0 Å². The van der Waals surface area contributed by atoms with Crippen molar-refractivity contribution in [2.24, 2.45) is 22.7 Å². The molecule has 0 spiro atoms. The third kappa shape index (κ3) is 1.43. The van der Waals surface area contributed by atoms with E-state index in [1.807, 2.05) is 27.7 Å². The molecular weight excluding hydrogens is 236 g/mol. The lowest BCUT2D eigenvalue weighted by Crippen LogP contribution is -2.38. The summed E-state index contributed by atoms with van der Waals surface area (Å²) >= 11 is 0. The molecule has 0 N–H and O–H groups in total. The fraction of sp³-hybridized carbons (Fsp3) is 0.846. The zero-order valence-electron chi connectivity index (χ0n) is 11.1. The van der Waals surface area contributed by atoms with Crippen LogP contribution in [0.3, 0.4) is 0 Å². The third-order valence-corrected chi connectivity index (χ3v) is 4.47. The Morgan fingerprint density at radius 1 is 1.17 bits per heavy atom. The highest BCUT2D eigenvalue weighted by atomic mass is 16.7. The van der Waals surface area contributed by atoms with Gasteiger partial charge in [0.15, 0.2) is 6.10 Å². The van der Waals surface area contributed by atoms with Gasteiger partial charge >= 0.3 is 11.9 Å². The molecule has 0 aromatic rings. The normalized spacial score (nSPS) is 43.3. The monoisotopic (exact) mass is 254 g/mol. The van der Waals surface area contributed by atoms with E-state index in [1.165, 1.54) is 0 Å². The lowest BCUT2D eigenvalue weighted by atomic mass is 9.90. The summed E-state index contributed by atoms with van der Waals surface area (Å²) < 4.78 is 16.0. The van der Waals surface area contributed by atoms with Crippen LogP contribution in [-0.2, 0) is 23.8 Å². The van der Waals surface area contributed by atoms with Crippen molar-refractivity contribution in [3.05, 3.63) is 0 Å². The van der Waals surface area contributed by atoms with Crippen LogP contribution in [-0.4, -0.2) is 30.9 Å². The Kier molecular flexibility index (Phi) is 2.17. The molecule has 3 aliphatic rings. The molecule has 5 heteroatoms. The summed E-state index contributed by atoms with van der Waals surface area (Å²) in [5.74, 6) is -0.589. The van der Waals surface area contributed by atoms with Crippen LogP contribution in [0.25, 0.3) is 0 Å². The number of esters is 2. The van der Waals surface area contributed by atoms with Crippen molar-refractivity contribution in [1.29, 1.82) is 0 Å². The van der Waals surface area contributed by atoms with Gasteiger partial charge in [0.2, 0.25) is 6.29 Å². The second-order valence-electron chi connectivity index (χ2n) is 6.74. The highest BCUT2D eigenvalue weighted by Crippen LogP contribution is 2.65. The Hall–Kier alpha value is -1.10. The second kappa shape index (κ2) is 3.26. The fourth-order valence-electron chi connectivity index (χ4n) is 3.11. The van der Waals surface area contributed by atoms with Gasteiger partial charge in [0.05, 0.1) is 12.5 Å². The van der Waals surface area contributed by atoms with Crippen molar-refractivity contribution in [2.45, 2.75) is 40.1 Å². The molecule has 1 aliphatic carbocycles. The van der Waals surface area contributed by atoms with E-state index < -0.39 is 12.4 Å². The van der Waals surface area contributed by atoms with Crippen LogP contribution in [0, 0.1) is 22.7 Å². The Labute approximate surface area is 106 Å².